The number of amides is 1. The van der Waals surface area contributed by atoms with Gasteiger partial charge in [0.05, 0.1) is 11.3 Å². The van der Waals surface area contributed by atoms with Crippen LogP contribution in [0.3, 0.4) is 0 Å². The third-order valence-corrected chi connectivity index (χ3v) is 7.02. The van der Waals surface area contributed by atoms with E-state index in [9.17, 15) is 13.2 Å². The minimum absolute atomic E-state index is 0.194. The number of anilines is 2. The fourth-order valence-corrected chi connectivity index (χ4v) is 5.84. The van der Waals surface area contributed by atoms with E-state index in [1.54, 1.807) is 31.2 Å². The maximum atomic E-state index is 13.2. The Hall–Kier alpha value is -2.65. The zero-order valence-electron chi connectivity index (χ0n) is 16.2. The van der Waals surface area contributed by atoms with E-state index in [1.165, 1.54) is 18.3 Å². The van der Waals surface area contributed by atoms with E-state index in [-0.39, 0.29) is 10.8 Å². The number of hydrogen-bond donors (Lipinski definition) is 2. The molecule has 0 aliphatic carbocycles. The number of rotatable bonds is 5. The predicted octanol–water partition coefficient (Wildman–Crippen LogP) is 4.40. The number of aryl methyl sites for hydroxylation is 3. The normalized spacial score (nSPS) is 11.5. The number of nitrogens with zero attached hydrogens (tertiary/aromatic N) is 1. The molecule has 2 aromatic heterocycles. The Bertz CT molecular complexity index is 1140. The minimum Gasteiger partial charge on any atom is -0.356 e. The van der Waals surface area contributed by atoms with Crippen molar-refractivity contribution in [1.29, 1.82) is 0 Å². The monoisotopic (exact) mass is 419 g/mol. The molecule has 1 amide bonds. The third kappa shape index (κ3) is 3.81. The maximum Gasteiger partial charge on any atom is 0.263 e. The van der Waals surface area contributed by atoms with E-state index < -0.39 is 10.0 Å². The van der Waals surface area contributed by atoms with Crippen molar-refractivity contribution in [2.24, 2.45) is 0 Å². The topological polar surface area (TPSA) is 101 Å². The second-order valence-electron chi connectivity index (χ2n) is 6.50. The zero-order chi connectivity index (χ0) is 20.6. The van der Waals surface area contributed by atoms with Crippen LogP contribution in [0.15, 0.2) is 33.7 Å². The summed E-state index contributed by atoms with van der Waals surface area (Å²) in [5, 5.41) is 6.61. The molecule has 0 radical (unpaired) electrons. The van der Waals surface area contributed by atoms with Crippen LogP contribution in [0, 0.1) is 27.7 Å². The van der Waals surface area contributed by atoms with Crippen LogP contribution in [-0.4, -0.2) is 19.5 Å². The van der Waals surface area contributed by atoms with Crippen LogP contribution in [0.2, 0.25) is 0 Å². The van der Waals surface area contributed by atoms with Crippen molar-refractivity contribution in [1.82, 2.24) is 5.16 Å². The van der Waals surface area contributed by atoms with E-state index in [0.717, 1.165) is 16.1 Å². The maximum absolute atomic E-state index is 13.2. The van der Waals surface area contributed by atoms with Gasteiger partial charge in [0.25, 0.3) is 10.0 Å². The Morgan fingerprint density at radius 1 is 1.04 bits per heavy atom. The molecule has 3 aromatic rings. The lowest BCUT2D eigenvalue weighted by Crippen LogP contribution is -2.14. The summed E-state index contributed by atoms with van der Waals surface area (Å²) in [5.74, 6) is 0.279. The van der Waals surface area contributed by atoms with Crippen molar-refractivity contribution in [3.05, 3.63) is 45.3 Å². The van der Waals surface area contributed by atoms with Gasteiger partial charge in [-0.1, -0.05) is 5.16 Å². The SMILES string of the molecule is CC(=O)Nc1ccc(NS(=O)(=O)c2c(C)sc(C)c2-c2onc(C)c2C)cc1. The molecule has 2 heterocycles. The first kappa shape index (κ1) is 20.1. The second kappa shape index (κ2) is 7.40. The quantitative estimate of drug-likeness (QED) is 0.638. The lowest BCUT2D eigenvalue weighted by molar-refractivity contribution is -0.114. The molecule has 9 heteroatoms. The average Bonchev–Trinajstić information content (AvgIpc) is 3.08. The van der Waals surface area contributed by atoms with Crippen LogP contribution in [0.25, 0.3) is 11.3 Å². The van der Waals surface area contributed by atoms with Crippen LogP contribution in [0.5, 0.6) is 0 Å². The smallest absolute Gasteiger partial charge is 0.263 e. The van der Waals surface area contributed by atoms with Crippen LogP contribution < -0.4 is 10.0 Å². The highest BCUT2D eigenvalue weighted by Gasteiger charge is 2.29. The number of thiophene rings is 1. The van der Waals surface area contributed by atoms with E-state index in [1.807, 2.05) is 20.8 Å². The van der Waals surface area contributed by atoms with E-state index in [2.05, 4.69) is 15.2 Å². The first-order chi connectivity index (χ1) is 13.1. The van der Waals surface area contributed by atoms with Gasteiger partial charge in [-0.25, -0.2) is 8.42 Å². The molecule has 0 unspecified atom stereocenters. The first-order valence-electron chi connectivity index (χ1n) is 8.54. The summed E-state index contributed by atoms with van der Waals surface area (Å²) in [4.78, 5) is 12.8. The fraction of sp³-hybridized carbons (Fsp3) is 0.263. The van der Waals surface area contributed by atoms with Gasteiger partial charge in [-0.15, -0.1) is 11.3 Å². The zero-order valence-corrected chi connectivity index (χ0v) is 17.8. The van der Waals surface area contributed by atoms with Gasteiger partial charge < -0.3 is 9.84 Å². The van der Waals surface area contributed by atoms with Gasteiger partial charge in [0.2, 0.25) is 5.91 Å². The molecule has 0 fully saturated rings. The van der Waals surface area contributed by atoms with Gasteiger partial charge in [-0.3, -0.25) is 9.52 Å². The van der Waals surface area contributed by atoms with Crippen molar-refractivity contribution < 1.29 is 17.7 Å². The van der Waals surface area contributed by atoms with Gasteiger partial charge >= 0.3 is 0 Å². The minimum atomic E-state index is -3.86. The average molecular weight is 420 g/mol. The van der Waals surface area contributed by atoms with E-state index in [4.69, 9.17) is 4.52 Å². The molecule has 0 saturated carbocycles. The summed E-state index contributed by atoms with van der Waals surface area (Å²) < 4.78 is 34.4. The molecule has 0 spiro atoms. The van der Waals surface area contributed by atoms with Gasteiger partial charge in [-0.05, 0) is 52.0 Å². The summed E-state index contributed by atoms with van der Waals surface area (Å²) in [6.07, 6.45) is 0. The van der Waals surface area contributed by atoms with Crippen LogP contribution >= 0.6 is 11.3 Å². The lowest BCUT2D eigenvalue weighted by Gasteiger charge is -2.11. The number of carbonyl (C=O) groups is 1. The molecule has 1 aromatic carbocycles. The standard InChI is InChI=1S/C19H21N3O4S2/c1-10-11(2)21-26-18(10)17-12(3)27-13(4)19(17)28(24,25)22-16-8-6-15(7-9-16)20-14(5)23/h6-9,22H,1-5H3,(H,20,23). The molecule has 28 heavy (non-hydrogen) atoms. The highest BCUT2D eigenvalue weighted by atomic mass is 32.2. The predicted molar refractivity (Wildman–Crippen MR) is 110 cm³/mol. The molecule has 0 saturated heterocycles. The van der Waals surface area contributed by atoms with Crippen LogP contribution in [-0.2, 0) is 14.8 Å². The summed E-state index contributed by atoms with van der Waals surface area (Å²) >= 11 is 1.40. The van der Waals surface area contributed by atoms with Crippen LogP contribution in [0.4, 0.5) is 11.4 Å². The first-order valence-corrected chi connectivity index (χ1v) is 10.8. The molecule has 3 rings (SSSR count). The second-order valence-corrected chi connectivity index (χ2v) is 9.55. The van der Waals surface area contributed by atoms with Gasteiger partial charge in [-0.2, -0.15) is 0 Å². The fourth-order valence-electron chi connectivity index (χ4n) is 2.93. The number of sulfonamides is 1. The summed E-state index contributed by atoms with van der Waals surface area (Å²) in [6, 6.07) is 6.47. The lowest BCUT2D eigenvalue weighted by atomic mass is 10.1. The molecule has 0 bridgehead atoms. The van der Waals surface area contributed by atoms with Gasteiger partial charge in [0, 0.05) is 33.6 Å². The number of carbonyl (C=O) groups excluding carboxylic acids is 1. The highest BCUT2D eigenvalue weighted by Crippen LogP contribution is 2.41. The summed E-state index contributed by atoms with van der Waals surface area (Å²) in [7, 11) is -3.86. The highest BCUT2D eigenvalue weighted by molar-refractivity contribution is 7.93. The molecular weight excluding hydrogens is 398 g/mol. The van der Waals surface area contributed by atoms with E-state index in [0.29, 0.717) is 27.6 Å². The Morgan fingerprint density at radius 2 is 1.64 bits per heavy atom. The summed E-state index contributed by atoms with van der Waals surface area (Å²) in [5.41, 5.74) is 3.07. The van der Waals surface area contributed by atoms with Gasteiger partial charge in [0.15, 0.2) is 5.76 Å². The Balaban J connectivity index is 2.01. The molecular formula is C19H21N3O4S2. The van der Waals surface area contributed by atoms with Crippen LogP contribution in [0.1, 0.15) is 27.9 Å². The Kier molecular flexibility index (Phi) is 5.31. The number of aromatic nitrogens is 1. The molecule has 0 aliphatic heterocycles. The van der Waals surface area contributed by atoms with Gasteiger partial charge in [0.1, 0.15) is 4.90 Å². The third-order valence-electron chi connectivity index (χ3n) is 4.32. The van der Waals surface area contributed by atoms with Crippen molar-refractivity contribution >= 4 is 38.6 Å². The molecule has 2 N–H and O–H groups in total. The number of nitrogens with one attached hydrogen (secondary N) is 2. The Morgan fingerprint density at radius 3 is 2.18 bits per heavy atom. The molecule has 0 atom stereocenters. The van der Waals surface area contributed by atoms with Crippen molar-refractivity contribution in [3.63, 3.8) is 0 Å². The van der Waals surface area contributed by atoms with Crippen molar-refractivity contribution in [2.75, 3.05) is 10.0 Å². The Labute approximate surface area is 167 Å². The molecule has 148 valence electrons. The molecule has 7 nitrogen and oxygen atoms in total. The van der Waals surface area contributed by atoms with E-state index >= 15 is 0 Å². The van der Waals surface area contributed by atoms with Crippen molar-refractivity contribution in [3.8, 4) is 11.3 Å². The number of hydrogen-bond acceptors (Lipinski definition) is 6. The van der Waals surface area contributed by atoms with Crippen molar-refractivity contribution in [2.45, 2.75) is 39.5 Å². The largest absolute Gasteiger partial charge is 0.356 e. The summed E-state index contributed by atoms with van der Waals surface area (Å²) in [6.45, 7) is 8.73. The molecule has 0 aliphatic rings. The number of benzene rings is 1.